The molecule has 1 aliphatic carbocycles. The van der Waals surface area contributed by atoms with E-state index in [9.17, 15) is 0 Å². The summed E-state index contributed by atoms with van der Waals surface area (Å²) in [5, 5.41) is 0. The van der Waals surface area contributed by atoms with E-state index in [1.165, 1.54) is 16.7 Å². The third-order valence-corrected chi connectivity index (χ3v) is 2.04. The van der Waals surface area contributed by atoms with Gasteiger partial charge in [-0.1, -0.05) is 30.4 Å². The van der Waals surface area contributed by atoms with Crippen LogP contribution in [-0.2, 0) is 6.42 Å². The Hall–Kier alpha value is -0.443. The van der Waals surface area contributed by atoms with Gasteiger partial charge in [0.1, 0.15) is 0 Å². The Bertz CT molecular complexity index is 287. The van der Waals surface area contributed by atoms with Gasteiger partial charge >= 0.3 is 18.9 Å². The number of benzene rings is 1. The Morgan fingerprint density at radius 2 is 2.09 bits per heavy atom. The van der Waals surface area contributed by atoms with Crippen molar-refractivity contribution in [3.05, 3.63) is 41.0 Å². The first kappa shape index (κ1) is 8.65. The molecule has 0 nitrogen and oxygen atoms in total. The molecule has 0 heterocycles. The van der Waals surface area contributed by atoms with E-state index in [1.807, 2.05) is 0 Å². The third-order valence-electron chi connectivity index (χ3n) is 2.04. The monoisotopic (exact) mass is 138 g/mol. The Morgan fingerprint density at radius 3 is 2.82 bits per heavy atom. The van der Waals surface area contributed by atoms with E-state index in [-0.39, 0.29) is 18.9 Å². The van der Waals surface area contributed by atoms with E-state index in [4.69, 9.17) is 0 Å². The minimum absolute atomic E-state index is 0. The second-order valence-corrected chi connectivity index (χ2v) is 2.75. The van der Waals surface area contributed by atoms with Crippen molar-refractivity contribution >= 4 is 24.9 Å². The van der Waals surface area contributed by atoms with Gasteiger partial charge in [0.05, 0.1) is 0 Å². The van der Waals surface area contributed by atoms with Crippen molar-refractivity contribution in [3.8, 4) is 0 Å². The zero-order valence-electron chi connectivity index (χ0n) is 6.09. The second kappa shape index (κ2) is 3.30. The van der Waals surface area contributed by atoms with E-state index in [0.29, 0.717) is 0 Å². The van der Waals surface area contributed by atoms with Crippen LogP contribution in [0.15, 0.2) is 24.3 Å². The standard InChI is InChI=1S/C10H10.Li.H/c1-8-4-2-5-9-6-3-7-10(8)9;;/h2-5,7H,6H2,1H3;;. The summed E-state index contributed by atoms with van der Waals surface area (Å²) in [6.07, 6.45) is 5.55. The average molecular weight is 138 g/mol. The molecule has 1 aromatic rings. The van der Waals surface area contributed by atoms with Crippen molar-refractivity contribution in [1.29, 1.82) is 0 Å². The first-order valence-corrected chi connectivity index (χ1v) is 3.63. The molecular formula is C10H11Li. The Kier molecular flexibility index (Phi) is 2.60. The fraction of sp³-hybridized carbons (Fsp3) is 0.200. The van der Waals surface area contributed by atoms with Crippen molar-refractivity contribution in [2.45, 2.75) is 13.3 Å². The van der Waals surface area contributed by atoms with Crippen LogP contribution in [0.25, 0.3) is 6.08 Å². The van der Waals surface area contributed by atoms with Crippen LogP contribution in [0, 0.1) is 6.92 Å². The first-order chi connectivity index (χ1) is 4.88. The van der Waals surface area contributed by atoms with Gasteiger partial charge in [0.15, 0.2) is 0 Å². The van der Waals surface area contributed by atoms with Crippen LogP contribution < -0.4 is 0 Å². The van der Waals surface area contributed by atoms with Gasteiger partial charge in [-0.2, -0.15) is 0 Å². The molecule has 0 bridgehead atoms. The predicted molar refractivity (Wildman–Crippen MR) is 51.1 cm³/mol. The Balaban J connectivity index is 0.000000605. The molecule has 0 unspecified atom stereocenters. The van der Waals surface area contributed by atoms with Crippen molar-refractivity contribution in [2.75, 3.05) is 0 Å². The number of allylic oxidation sites excluding steroid dienone is 1. The number of aryl methyl sites for hydroxylation is 1. The predicted octanol–water partition coefficient (Wildman–Crippen LogP) is 1.92. The van der Waals surface area contributed by atoms with Gasteiger partial charge in [-0.15, -0.1) is 0 Å². The maximum absolute atomic E-state index is 2.22. The number of fused-ring (bicyclic) bond motifs is 1. The molecule has 0 saturated heterocycles. The second-order valence-electron chi connectivity index (χ2n) is 2.75. The molecule has 0 amide bonds. The van der Waals surface area contributed by atoms with Gasteiger partial charge in [0.2, 0.25) is 0 Å². The quantitative estimate of drug-likeness (QED) is 0.480. The van der Waals surface area contributed by atoms with Gasteiger partial charge < -0.3 is 0 Å². The SMILES string of the molecule is Cc1cccc2c1C=CC2.[LiH]. The summed E-state index contributed by atoms with van der Waals surface area (Å²) in [6, 6.07) is 6.48. The summed E-state index contributed by atoms with van der Waals surface area (Å²) in [6.45, 7) is 2.16. The average Bonchev–Trinajstić information content (AvgIpc) is 2.36. The van der Waals surface area contributed by atoms with Crippen LogP contribution in [0.5, 0.6) is 0 Å². The topological polar surface area (TPSA) is 0 Å². The fourth-order valence-electron chi connectivity index (χ4n) is 1.46. The third kappa shape index (κ3) is 1.43. The van der Waals surface area contributed by atoms with E-state index >= 15 is 0 Å². The number of rotatable bonds is 0. The molecule has 52 valence electrons. The van der Waals surface area contributed by atoms with Crippen LogP contribution in [0.3, 0.4) is 0 Å². The molecule has 1 heteroatoms. The zero-order valence-corrected chi connectivity index (χ0v) is 6.09. The van der Waals surface area contributed by atoms with Crippen LogP contribution in [0.2, 0.25) is 0 Å². The zero-order chi connectivity index (χ0) is 6.97. The maximum atomic E-state index is 2.22. The molecule has 1 aromatic carbocycles. The molecule has 0 N–H and O–H groups in total. The van der Waals surface area contributed by atoms with Crippen LogP contribution >= 0.6 is 0 Å². The summed E-state index contributed by atoms with van der Waals surface area (Å²) in [7, 11) is 0. The normalized spacial score (nSPS) is 12.5. The van der Waals surface area contributed by atoms with E-state index in [2.05, 4.69) is 37.3 Å². The van der Waals surface area contributed by atoms with Crippen molar-refractivity contribution in [3.63, 3.8) is 0 Å². The summed E-state index contributed by atoms with van der Waals surface area (Å²) >= 11 is 0. The molecule has 0 radical (unpaired) electrons. The molecule has 0 saturated carbocycles. The van der Waals surface area contributed by atoms with Gasteiger partial charge in [0.25, 0.3) is 0 Å². The van der Waals surface area contributed by atoms with E-state index in [0.717, 1.165) is 6.42 Å². The van der Waals surface area contributed by atoms with E-state index in [1.54, 1.807) is 0 Å². The van der Waals surface area contributed by atoms with Crippen LogP contribution in [0.4, 0.5) is 0 Å². The Labute approximate surface area is 79.5 Å². The first-order valence-electron chi connectivity index (χ1n) is 3.63. The van der Waals surface area contributed by atoms with Crippen LogP contribution in [0.1, 0.15) is 16.7 Å². The molecule has 0 fully saturated rings. The number of hydrogen-bond donors (Lipinski definition) is 0. The molecule has 2 rings (SSSR count). The molecule has 0 spiro atoms. The van der Waals surface area contributed by atoms with Gasteiger partial charge in [-0.05, 0) is 30.0 Å². The number of hydrogen-bond acceptors (Lipinski definition) is 0. The van der Waals surface area contributed by atoms with Gasteiger partial charge in [0, 0.05) is 0 Å². The van der Waals surface area contributed by atoms with E-state index < -0.39 is 0 Å². The molecule has 0 aromatic heterocycles. The van der Waals surface area contributed by atoms with Crippen molar-refractivity contribution in [1.82, 2.24) is 0 Å². The van der Waals surface area contributed by atoms with Crippen LogP contribution in [-0.4, -0.2) is 18.9 Å². The van der Waals surface area contributed by atoms with Crippen molar-refractivity contribution < 1.29 is 0 Å². The van der Waals surface area contributed by atoms with Gasteiger partial charge in [-0.25, -0.2) is 0 Å². The summed E-state index contributed by atoms with van der Waals surface area (Å²) in [5.41, 5.74) is 4.30. The molecule has 11 heavy (non-hydrogen) atoms. The molecular weight excluding hydrogens is 127 g/mol. The summed E-state index contributed by atoms with van der Waals surface area (Å²) in [4.78, 5) is 0. The molecule has 0 aliphatic heterocycles. The minimum atomic E-state index is 0. The molecule has 1 aliphatic rings. The van der Waals surface area contributed by atoms with Gasteiger partial charge in [-0.3, -0.25) is 0 Å². The summed E-state index contributed by atoms with van der Waals surface area (Å²) < 4.78 is 0. The molecule has 0 atom stereocenters. The Morgan fingerprint density at radius 1 is 1.27 bits per heavy atom. The fourth-order valence-corrected chi connectivity index (χ4v) is 1.46. The van der Waals surface area contributed by atoms with Crippen molar-refractivity contribution in [2.24, 2.45) is 0 Å². The summed E-state index contributed by atoms with van der Waals surface area (Å²) in [5.74, 6) is 0.